The van der Waals surface area contributed by atoms with E-state index in [-0.39, 0.29) is 62.8 Å². The normalized spacial score (nSPS) is 12.0. The molecule has 0 radical (unpaired) electrons. The fraction of sp³-hybridized carbons (Fsp3) is 0.240. The fourth-order valence-corrected chi connectivity index (χ4v) is 7.26. The molecule has 200 valence electrons. The summed E-state index contributed by atoms with van der Waals surface area (Å²) >= 11 is 0. The number of methoxy groups -OCH3 is 3. The van der Waals surface area contributed by atoms with E-state index in [4.69, 9.17) is 14.2 Å². The van der Waals surface area contributed by atoms with E-state index < -0.39 is 31.7 Å². The van der Waals surface area contributed by atoms with Gasteiger partial charge in [0.25, 0.3) is 10.0 Å². The molecule has 2 aromatic heterocycles. The molecular formula is C25H24N3NaO8S2. The standard InChI is InChI=1S/C25H25N3O8S2.Na/c1-14-12-26-19(15(2)23(14)36-5)13-37(31)25-27-18-11-17(34-3)7-8-20(18)28(25)38(32,33)22-10-16(24(29)30)6-9-21(22)35-4;/h6-12H,13H2,1-5H3,(H,29,30);/q;+1/p-1. The van der Waals surface area contributed by atoms with Crippen molar-refractivity contribution in [1.82, 2.24) is 13.9 Å². The minimum absolute atomic E-state index is 0. The number of carboxylic acids is 1. The van der Waals surface area contributed by atoms with E-state index >= 15 is 0 Å². The number of pyridine rings is 1. The summed E-state index contributed by atoms with van der Waals surface area (Å²) in [6, 6.07) is 7.82. The molecule has 39 heavy (non-hydrogen) atoms. The molecule has 11 nitrogen and oxygen atoms in total. The quantitative estimate of drug-likeness (QED) is 0.225. The molecule has 0 saturated carbocycles. The maximum atomic E-state index is 14.0. The van der Waals surface area contributed by atoms with Crippen LogP contribution in [0.1, 0.15) is 27.2 Å². The topological polar surface area (TPSA) is 150 Å². The molecule has 1 unspecified atom stereocenters. The minimum atomic E-state index is -4.58. The molecule has 2 heterocycles. The number of aromatic carboxylic acids is 1. The van der Waals surface area contributed by atoms with Crippen molar-refractivity contribution in [3.05, 3.63) is 65.0 Å². The SMILES string of the molecule is COc1ccc2c(c1)nc(S(=O)Cc1ncc(C)c(OC)c1C)n2S(=O)(=O)c1cc(C(=O)[O-])ccc1OC.[Na+]. The van der Waals surface area contributed by atoms with Crippen molar-refractivity contribution >= 4 is 37.8 Å². The molecule has 0 aliphatic heterocycles. The van der Waals surface area contributed by atoms with Crippen LogP contribution in [0.3, 0.4) is 0 Å². The van der Waals surface area contributed by atoms with Crippen LogP contribution < -0.4 is 48.9 Å². The summed E-state index contributed by atoms with van der Waals surface area (Å²) in [6.07, 6.45) is 1.58. The summed E-state index contributed by atoms with van der Waals surface area (Å²) in [5, 5.41) is 11.2. The third-order valence-electron chi connectivity index (χ3n) is 5.93. The molecule has 0 aliphatic rings. The average molecular weight is 582 g/mol. The smallest absolute Gasteiger partial charge is 0.545 e. The number of rotatable bonds is 9. The predicted octanol–water partition coefficient (Wildman–Crippen LogP) is -1.01. The Labute approximate surface area is 249 Å². The fourth-order valence-electron chi connectivity index (χ4n) is 4.03. The number of aryl methyl sites for hydroxylation is 1. The molecule has 0 spiro atoms. The number of aromatic nitrogens is 3. The zero-order chi connectivity index (χ0) is 27.8. The first-order chi connectivity index (χ1) is 18.0. The van der Waals surface area contributed by atoms with Gasteiger partial charge in [0.05, 0.1) is 60.6 Å². The Bertz CT molecular complexity index is 1700. The van der Waals surface area contributed by atoms with Crippen LogP contribution in [0, 0.1) is 13.8 Å². The molecule has 4 rings (SSSR count). The van der Waals surface area contributed by atoms with Crippen LogP contribution in [0.15, 0.2) is 52.6 Å². The van der Waals surface area contributed by atoms with Crippen LogP contribution in [-0.2, 0) is 26.6 Å². The van der Waals surface area contributed by atoms with E-state index in [0.717, 1.165) is 15.6 Å². The van der Waals surface area contributed by atoms with Crippen LogP contribution in [-0.4, -0.2) is 53.9 Å². The van der Waals surface area contributed by atoms with Crippen molar-refractivity contribution in [2.45, 2.75) is 29.7 Å². The Hall–Kier alpha value is -2.97. The van der Waals surface area contributed by atoms with Crippen LogP contribution in [0.25, 0.3) is 11.0 Å². The number of imidazole rings is 1. The molecular weight excluding hydrogens is 557 g/mol. The number of fused-ring (bicyclic) bond motifs is 1. The van der Waals surface area contributed by atoms with Gasteiger partial charge in [-0.3, -0.25) is 9.19 Å². The van der Waals surface area contributed by atoms with Gasteiger partial charge in [-0.1, -0.05) is 0 Å². The molecule has 4 aromatic rings. The van der Waals surface area contributed by atoms with Crippen molar-refractivity contribution in [2.75, 3.05) is 21.3 Å². The molecule has 0 saturated heterocycles. The predicted molar refractivity (Wildman–Crippen MR) is 137 cm³/mol. The van der Waals surface area contributed by atoms with Gasteiger partial charge in [0.1, 0.15) is 22.1 Å². The molecule has 14 heteroatoms. The summed E-state index contributed by atoms with van der Waals surface area (Å²) < 4.78 is 58.5. The Morgan fingerprint density at radius 2 is 1.77 bits per heavy atom. The van der Waals surface area contributed by atoms with Gasteiger partial charge in [-0.2, -0.15) is 0 Å². The minimum Gasteiger partial charge on any atom is -0.545 e. The van der Waals surface area contributed by atoms with Crippen molar-refractivity contribution in [1.29, 1.82) is 0 Å². The van der Waals surface area contributed by atoms with Crippen molar-refractivity contribution < 1.29 is 66.3 Å². The second-order valence-corrected chi connectivity index (χ2v) is 11.3. The van der Waals surface area contributed by atoms with Gasteiger partial charge in [-0.25, -0.2) is 17.4 Å². The number of hydrogen-bond acceptors (Lipinski definition) is 10. The number of carbonyl (C=O) groups is 1. The van der Waals surface area contributed by atoms with E-state index in [1.165, 1.54) is 51.7 Å². The molecule has 0 fully saturated rings. The van der Waals surface area contributed by atoms with Crippen molar-refractivity contribution in [3.8, 4) is 17.2 Å². The van der Waals surface area contributed by atoms with E-state index in [2.05, 4.69) is 9.97 Å². The third-order valence-corrected chi connectivity index (χ3v) is 8.99. The van der Waals surface area contributed by atoms with Gasteiger partial charge in [0, 0.05) is 23.4 Å². The van der Waals surface area contributed by atoms with Crippen LogP contribution in [0.2, 0.25) is 0 Å². The van der Waals surface area contributed by atoms with Crippen LogP contribution in [0.5, 0.6) is 17.2 Å². The van der Waals surface area contributed by atoms with Gasteiger partial charge in [-0.15, -0.1) is 0 Å². The number of ether oxygens (including phenoxy) is 3. The summed E-state index contributed by atoms with van der Waals surface area (Å²) in [7, 11) is -2.37. The van der Waals surface area contributed by atoms with Gasteiger partial charge >= 0.3 is 29.6 Å². The number of hydrogen-bond donors (Lipinski definition) is 0. The van der Waals surface area contributed by atoms with Gasteiger partial charge in [0.2, 0.25) is 5.16 Å². The maximum absolute atomic E-state index is 14.0. The molecule has 2 aromatic carbocycles. The summed E-state index contributed by atoms with van der Waals surface area (Å²) in [5.41, 5.74) is 1.84. The van der Waals surface area contributed by atoms with E-state index in [9.17, 15) is 22.5 Å². The molecule has 0 bridgehead atoms. The Kier molecular flexibility index (Phi) is 9.44. The van der Waals surface area contributed by atoms with Crippen LogP contribution >= 0.6 is 0 Å². The molecule has 0 N–H and O–H groups in total. The van der Waals surface area contributed by atoms with E-state index in [1.54, 1.807) is 13.1 Å². The van der Waals surface area contributed by atoms with Gasteiger partial charge < -0.3 is 24.1 Å². The third kappa shape index (κ3) is 5.68. The van der Waals surface area contributed by atoms with Crippen LogP contribution in [0.4, 0.5) is 0 Å². The number of carbonyl (C=O) groups excluding carboxylic acids is 1. The molecule has 1 atom stereocenters. The first kappa shape index (κ1) is 30.6. The molecule has 0 amide bonds. The zero-order valence-electron chi connectivity index (χ0n) is 22.2. The first-order valence-corrected chi connectivity index (χ1v) is 13.9. The Morgan fingerprint density at radius 1 is 1.05 bits per heavy atom. The Morgan fingerprint density at radius 3 is 2.38 bits per heavy atom. The number of carboxylic acid groups (broad SMARTS) is 1. The monoisotopic (exact) mass is 581 g/mol. The zero-order valence-corrected chi connectivity index (χ0v) is 25.8. The Balaban J connectivity index is 0.00000420. The van der Waals surface area contributed by atoms with Gasteiger partial charge in [0.15, 0.2) is 0 Å². The second kappa shape index (κ2) is 12.0. The average Bonchev–Trinajstić information content (AvgIpc) is 3.30. The second-order valence-electron chi connectivity index (χ2n) is 8.21. The van der Waals surface area contributed by atoms with Crippen molar-refractivity contribution in [3.63, 3.8) is 0 Å². The summed E-state index contributed by atoms with van der Waals surface area (Å²) in [5.74, 6) is -0.837. The van der Waals surface area contributed by atoms with Gasteiger partial charge in [-0.05, 0) is 49.7 Å². The van der Waals surface area contributed by atoms with E-state index in [0.29, 0.717) is 22.8 Å². The van der Waals surface area contributed by atoms with Crippen molar-refractivity contribution in [2.24, 2.45) is 0 Å². The summed E-state index contributed by atoms with van der Waals surface area (Å²) in [4.78, 5) is 19.8. The number of benzene rings is 2. The van der Waals surface area contributed by atoms with E-state index in [1.807, 2.05) is 6.92 Å². The summed E-state index contributed by atoms with van der Waals surface area (Å²) in [6.45, 7) is 3.60. The number of nitrogens with zero attached hydrogens (tertiary/aromatic N) is 3. The first-order valence-electron chi connectivity index (χ1n) is 11.1. The largest absolute Gasteiger partial charge is 1.00 e. The molecule has 0 aliphatic carbocycles. The maximum Gasteiger partial charge on any atom is 1.00 e.